The monoisotopic (exact) mass is 366 g/mol. The molecule has 1 amide bonds. The summed E-state index contributed by atoms with van der Waals surface area (Å²) >= 11 is 11.7. The number of carbonyl (C=O) groups excluding carboxylic acids is 1. The summed E-state index contributed by atoms with van der Waals surface area (Å²) in [6.07, 6.45) is 1.91. The molecule has 1 saturated heterocycles. The van der Waals surface area contributed by atoms with Crippen molar-refractivity contribution in [3.8, 4) is 5.75 Å². The van der Waals surface area contributed by atoms with Crippen LogP contribution in [0.15, 0.2) is 18.2 Å². The minimum atomic E-state index is -0.0100. The molecule has 0 bridgehead atoms. The quantitative estimate of drug-likeness (QED) is 0.887. The molecule has 0 spiro atoms. The Hall–Kier alpha value is -0.680. The van der Waals surface area contributed by atoms with E-state index >= 15 is 0 Å². The molecule has 0 aromatic heterocycles. The van der Waals surface area contributed by atoms with Gasteiger partial charge >= 0.3 is 0 Å². The Balaban J connectivity index is 0.00000242. The van der Waals surface area contributed by atoms with E-state index < -0.39 is 0 Å². The highest BCUT2D eigenvalue weighted by molar-refractivity contribution is 6.42. The molecule has 1 atom stereocenters. The lowest BCUT2D eigenvalue weighted by atomic mass is 9.91. The molecule has 4 nitrogen and oxygen atoms in total. The van der Waals surface area contributed by atoms with E-state index in [1.165, 1.54) is 0 Å². The number of nitrogens with two attached hydrogens (primary N) is 1. The first kappa shape index (κ1) is 19.4. The Morgan fingerprint density at radius 1 is 1.36 bits per heavy atom. The van der Waals surface area contributed by atoms with Crippen LogP contribution in [-0.4, -0.2) is 36.5 Å². The topological polar surface area (TPSA) is 55.6 Å². The average molecular weight is 368 g/mol. The second-order valence-electron chi connectivity index (χ2n) is 5.44. The third kappa shape index (κ3) is 5.20. The first-order chi connectivity index (χ1) is 9.97. The van der Waals surface area contributed by atoms with Crippen LogP contribution < -0.4 is 10.5 Å². The van der Waals surface area contributed by atoms with Crippen LogP contribution in [0.25, 0.3) is 0 Å². The van der Waals surface area contributed by atoms with Gasteiger partial charge in [0.05, 0.1) is 10.0 Å². The number of ether oxygens (including phenoxy) is 1. The van der Waals surface area contributed by atoms with Crippen LogP contribution in [0.2, 0.25) is 10.0 Å². The molecule has 7 heteroatoms. The maximum atomic E-state index is 12.1. The van der Waals surface area contributed by atoms with Crippen molar-refractivity contribution in [2.45, 2.75) is 25.8 Å². The summed E-state index contributed by atoms with van der Waals surface area (Å²) in [5, 5.41) is 0.882. The fourth-order valence-electron chi connectivity index (χ4n) is 2.48. The molecular weight excluding hydrogens is 347 g/mol. The maximum absolute atomic E-state index is 12.1. The Morgan fingerprint density at radius 2 is 2.00 bits per heavy atom. The molecule has 124 valence electrons. The van der Waals surface area contributed by atoms with Crippen LogP contribution in [-0.2, 0) is 4.79 Å². The van der Waals surface area contributed by atoms with Crippen LogP contribution in [0.3, 0.4) is 0 Å². The first-order valence-electron chi connectivity index (χ1n) is 7.08. The van der Waals surface area contributed by atoms with E-state index in [-0.39, 0.29) is 31.0 Å². The molecule has 22 heavy (non-hydrogen) atoms. The molecule has 1 aliphatic heterocycles. The maximum Gasteiger partial charge on any atom is 0.260 e. The van der Waals surface area contributed by atoms with Gasteiger partial charge in [-0.1, -0.05) is 23.2 Å². The highest BCUT2D eigenvalue weighted by Crippen LogP contribution is 2.26. The third-order valence-electron chi connectivity index (χ3n) is 3.89. The van der Waals surface area contributed by atoms with Gasteiger partial charge in [0.1, 0.15) is 5.75 Å². The van der Waals surface area contributed by atoms with Crippen LogP contribution in [0.1, 0.15) is 19.8 Å². The van der Waals surface area contributed by atoms with E-state index in [0.29, 0.717) is 21.7 Å². The van der Waals surface area contributed by atoms with Gasteiger partial charge in [0, 0.05) is 25.2 Å². The fourth-order valence-corrected chi connectivity index (χ4v) is 2.77. The number of rotatable bonds is 4. The Kier molecular flexibility index (Phi) is 7.77. The van der Waals surface area contributed by atoms with Crippen molar-refractivity contribution in [3.63, 3.8) is 0 Å². The normalized spacial score (nSPS) is 16.8. The predicted molar refractivity (Wildman–Crippen MR) is 92.2 cm³/mol. The van der Waals surface area contributed by atoms with Crippen LogP contribution >= 0.6 is 35.6 Å². The minimum absolute atomic E-state index is 0. The van der Waals surface area contributed by atoms with E-state index in [2.05, 4.69) is 0 Å². The Bertz CT molecular complexity index is 504. The summed E-state index contributed by atoms with van der Waals surface area (Å²) in [5.41, 5.74) is 5.90. The van der Waals surface area contributed by atoms with E-state index in [0.717, 1.165) is 25.9 Å². The number of hydrogen-bond acceptors (Lipinski definition) is 3. The van der Waals surface area contributed by atoms with E-state index in [1.807, 2.05) is 11.8 Å². The highest BCUT2D eigenvalue weighted by atomic mass is 35.5. The van der Waals surface area contributed by atoms with Crippen molar-refractivity contribution < 1.29 is 9.53 Å². The van der Waals surface area contributed by atoms with E-state index in [9.17, 15) is 4.79 Å². The molecule has 1 aromatic carbocycles. The molecule has 1 aliphatic rings. The lowest BCUT2D eigenvalue weighted by molar-refractivity contribution is -0.134. The molecule has 2 N–H and O–H groups in total. The van der Waals surface area contributed by atoms with Gasteiger partial charge in [-0.2, -0.15) is 0 Å². The number of amides is 1. The molecule has 1 fully saturated rings. The molecule has 1 heterocycles. The fraction of sp³-hybridized carbons (Fsp3) is 0.533. The van der Waals surface area contributed by atoms with E-state index in [4.69, 9.17) is 33.7 Å². The molecular formula is C15H21Cl3N2O2. The highest BCUT2D eigenvalue weighted by Gasteiger charge is 2.24. The Morgan fingerprint density at radius 3 is 2.55 bits per heavy atom. The smallest absolute Gasteiger partial charge is 0.260 e. The van der Waals surface area contributed by atoms with Gasteiger partial charge in [-0.05, 0) is 37.8 Å². The SMILES string of the molecule is CC(N)C1CCN(C(=O)COc2ccc(Cl)c(Cl)c2)CC1.Cl. The largest absolute Gasteiger partial charge is 0.484 e. The molecule has 1 aromatic rings. The molecule has 1 unspecified atom stereocenters. The van der Waals surface area contributed by atoms with Crippen LogP contribution in [0.4, 0.5) is 0 Å². The average Bonchev–Trinajstić information content (AvgIpc) is 2.48. The van der Waals surface area contributed by atoms with Gasteiger partial charge in [0.2, 0.25) is 0 Å². The molecule has 0 aliphatic carbocycles. The number of hydrogen-bond donors (Lipinski definition) is 1. The number of halogens is 3. The van der Waals surface area contributed by atoms with Crippen LogP contribution in [0.5, 0.6) is 5.75 Å². The van der Waals surface area contributed by atoms with Crippen molar-refractivity contribution in [2.75, 3.05) is 19.7 Å². The number of benzene rings is 1. The summed E-state index contributed by atoms with van der Waals surface area (Å²) in [6, 6.07) is 5.15. The second-order valence-corrected chi connectivity index (χ2v) is 6.26. The minimum Gasteiger partial charge on any atom is -0.484 e. The summed E-state index contributed by atoms with van der Waals surface area (Å²) in [4.78, 5) is 13.9. The van der Waals surface area contributed by atoms with Crippen molar-refractivity contribution in [1.82, 2.24) is 4.90 Å². The molecule has 0 radical (unpaired) electrons. The van der Waals surface area contributed by atoms with Crippen molar-refractivity contribution >= 4 is 41.5 Å². The van der Waals surface area contributed by atoms with Gasteiger partial charge in [0.15, 0.2) is 6.61 Å². The number of likely N-dealkylation sites (tertiary alicyclic amines) is 1. The molecule has 2 rings (SSSR count). The summed E-state index contributed by atoms with van der Waals surface area (Å²) in [5.74, 6) is 1.04. The zero-order valence-corrected chi connectivity index (χ0v) is 14.8. The van der Waals surface area contributed by atoms with Gasteiger partial charge in [-0.3, -0.25) is 4.79 Å². The van der Waals surface area contributed by atoms with Gasteiger partial charge < -0.3 is 15.4 Å². The predicted octanol–water partition coefficient (Wildman–Crippen LogP) is 3.38. The van der Waals surface area contributed by atoms with Crippen molar-refractivity contribution in [1.29, 1.82) is 0 Å². The molecule has 0 saturated carbocycles. The first-order valence-corrected chi connectivity index (χ1v) is 7.84. The lowest BCUT2D eigenvalue weighted by Gasteiger charge is -2.33. The summed E-state index contributed by atoms with van der Waals surface area (Å²) < 4.78 is 5.47. The standard InChI is InChI=1S/C15H20Cl2N2O2.ClH/c1-10(18)11-4-6-19(7-5-11)15(20)9-21-12-2-3-13(16)14(17)8-12;/h2-3,8,10-11H,4-7,9,18H2,1H3;1H. The number of carbonyl (C=O) groups is 1. The number of nitrogens with zero attached hydrogens (tertiary/aromatic N) is 1. The lowest BCUT2D eigenvalue weighted by Crippen LogP contribution is -2.44. The van der Waals surface area contributed by atoms with Crippen molar-refractivity contribution in [2.24, 2.45) is 11.7 Å². The zero-order valence-electron chi connectivity index (χ0n) is 12.4. The van der Waals surface area contributed by atoms with Crippen molar-refractivity contribution in [3.05, 3.63) is 28.2 Å². The summed E-state index contributed by atoms with van der Waals surface area (Å²) in [6.45, 7) is 3.53. The summed E-state index contributed by atoms with van der Waals surface area (Å²) in [7, 11) is 0. The second kappa shape index (κ2) is 8.82. The van der Waals surface area contributed by atoms with Crippen LogP contribution in [0, 0.1) is 5.92 Å². The third-order valence-corrected chi connectivity index (χ3v) is 4.63. The van der Waals surface area contributed by atoms with Gasteiger partial charge in [0.25, 0.3) is 5.91 Å². The van der Waals surface area contributed by atoms with Gasteiger partial charge in [-0.15, -0.1) is 12.4 Å². The van der Waals surface area contributed by atoms with Gasteiger partial charge in [-0.25, -0.2) is 0 Å². The van der Waals surface area contributed by atoms with E-state index in [1.54, 1.807) is 18.2 Å². The Labute approximate surface area is 147 Å². The zero-order chi connectivity index (χ0) is 15.4. The number of piperidine rings is 1.